The van der Waals surface area contributed by atoms with Gasteiger partial charge in [-0.1, -0.05) is 45.4 Å². The molecule has 4 nitrogen and oxygen atoms in total. The highest BCUT2D eigenvalue weighted by atomic mass is 16.8. The second kappa shape index (κ2) is 11.7. The minimum atomic E-state index is -1.26. The first-order valence-corrected chi connectivity index (χ1v) is 6.71. The molecule has 0 aliphatic rings. The van der Waals surface area contributed by atoms with Crippen LogP contribution in [0.2, 0.25) is 0 Å². The Kier molecular flexibility index (Phi) is 11.2. The third-order valence-corrected chi connectivity index (χ3v) is 2.63. The van der Waals surface area contributed by atoms with Crippen molar-refractivity contribution in [2.45, 2.75) is 71.5 Å². The Hall–Kier alpha value is -0.770. The highest BCUT2D eigenvalue weighted by Crippen LogP contribution is 2.12. The molecular weight excluding hydrogens is 220 g/mol. The fourth-order valence-electron chi connectivity index (χ4n) is 1.74. The Balaban J connectivity index is 3.43. The third-order valence-electron chi connectivity index (χ3n) is 2.63. The van der Waals surface area contributed by atoms with E-state index >= 15 is 0 Å². The minimum absolute atomic E-state index is 0.481. The van der Waals surface area contributed by atoms with Crippen LogP contribution in [0.5, 0.6) is 0 Å². The van der Waals surface area contributed by atoms with Gasteiger partial charge >= 0.3 is 6.16 Å². The van der Waals surface area contributed by atoms with Gasteiger partial charge in [-0.2, -0.15) is 0 Å². The van der Waals surface area contributed by atoms with Crippen molar-refractivity contribution in [2.75, 3.05) is 6.61 Å². The predicted molar refractivity (Wildman–Crippen MR) is 67.1 cm³/mol. The van der Waals surface area contributed by atoms with Crippen LogP contribution in [-0.4, -0.2) is 24.2 Å². The standard InChI is InChI=1S/C13H26O4/c1-3-5-6-7-8-9-10-11-12(16-4-2)17-13(14)15/h12H,3-11H2,1-2H3,(H,14,15). The second-order valence-electron chi connectivity index (χ2n) is 4.18. The number of unbranched alkanes of at least 4 members (excludes halogenated alkanes) is 6. The van der Waals surface area contributed by atoms with Crippen molar-refractivity contribution < 1.29 is 19.4 Å². The van der Waals surface area contributed by atoms with Crippen LogP contribution in [0.3, 0.4) is 0 Å². The first-order chi connectivity index (χ1) is 8.20. The highest BCUT2D eigenvalue weighted by Gasteiger charge is 2.12. The molecule has 0 fully saturated rings. The van der Waals surface area contributed by atoms with Gasteiger partial charge in [0.2, 0.25) is 6.29 Å². The molecule has 0 saturated heterocycles. The largest absolute Gasteiger partial charge is 0.508 e. The summed E-state index contributed by atoms with van der Waals surface area (Å²) >= 11 is 0. The van der Waals surface area contributed by atoms with Crippen molar-refractivity contribution in [3.8, 4) is 0 Å². The summed E-state index contributed by atoms with van der Waals surface area (Å²) in [5, 5.41) is 8.51. The van der Waals surface area contributed by atoms with Crippen LogP contribution in [0.1, 0.15) is 65.2 Å². The van der Waals surface area contributed by atoms with E-state index in [9.17, 15) is 4.79 Å². The van der Waals surface area contributed by atoms with Crippen molar-refractivity contribution in [3.05, 3.63) is 0 Å². The van der Waals surface area contributed by atoms with Gasteiger partial charge in [0.1, 0.15) is 0 Å². The van der Waals surface area contributed by atoms with Crippen molar-refractivity contribution in [3.63, 3.8) is 0 Å². The summed E-state index contributed by atoms with van der Waals surface area (Å²) < 4.78 is 9.83. The van der Waals surface area contributed by atoms with Gasteiger partial charge in [-0.3, -0.25) is 0 Å². The summed E-state index contributed by atoms with van der Waals surface area (Å²) in [5.74, 6) is 0. The van der Waals surface area contributed by atoms with Gasteiger partial charge in [-0.15, -0.1) is 0 Å². The topological polar surface area (TPSA) is 55.8 Å². The Bertz CT molecular complexity index is 182. The monoisotopic (exact) mass is 246 g/mol. The smallest absolute Gasteiger partial charge is 0.450 e. The lowest BCUT2D eigenvalue weighted by Crippen LogP contribution is -2.20. The quantitative estimate of drug-likeness (QED) is 0.337. The molecule has 0 aliphatic heterocycles. The highest BCUT2D eigenvalue weighted by molar-refractivity contribution is 5.56. The van der Waals surface area contributed by atoms with E-state index in [1.807, 2.05) is 6.92 Å². The second-order valence-corrected chi connectivity index (χ2v) is 4.18. The zero-order chi connectivity index (χ0) is 12.9. The maximum Gasteiger partial charge on any atom is 0.508 e. The number of carboxylic acid groups (broad SMARTS) is 1. The van der Waals surface area contributed by atoms with Gasteiger partial charge in [0, 0.05) is 13.0 Å². The van der Waals surface area contributed by atoms with Crippen LogP contribution in [0.4, 0.5) is 4.79 Å². The molecule has 0 bridgehead atoms. The van der Waals surface area contributed by atoms with Crippen LogP contribution in [0.15, 0.2) is 0 Å². The summed E-state index contributed by atoms with van der Waals surface area (Å²) in [6.45, 7) is 4.52. The zero-order valence-electron chi connectivity index (χ0n) is 11.1. The van der Waals surface area contributed by atoms with Crippen molar-refractivity contribution in [1.82, 2.24) is 0 Å². The molecule has 1 atom stereocenters. The molecule has 0 aromatic rings. The molecule has 0 rings (SSSR count). The fourth-order valence-corrected chi connectivity index (χ4v) is 1.74. The number of rotatable bonds is 11. The lowest BCUT2D eigenvalue weighted by Gasteiger charge is -2.15. The number of carbonyl (C=O) groups is 1. The van der Waals surface area contributed by atoms with E-state index in [-0.39, 0.29) is 0 Å². The Labute approximate surface area is 104 Å². The maximum absolute atomic E-state index is 10.4. The van der Waals surface area contributed by atoms with E-state index in [4.69, 9.17) is 9.84 Å². The summed E-state index contributed by atoms with van der Waals surface area (Å²) in [6.07, 6.45) is 7.26. The van der Waals surface area contributed by atoms with Gasteiger partial charge in [0.15, 0.2) is 0 Å². The molecule has 1 unspecified atom stereocenters. The zero-order valence-corrected chi connectivity index (χ0v) is 11.1. The van der Waals surface area contributed by atoms with E-state index in [1.54, 1.807) is 0 Å². The maximum atomic E-state index is 10.4. The Morgan fingerprint density at radius 1 is 1.06 bits per heavy atom. The van der Waals surface area contributed by atoms with E-state index in [1.165, 1.54) is 32.1 Å². The molecule has 0 aromatic heterocycles. The van der Waals surface area contributed by atoms with E-state index in [2.05, 4.69) is 11.7 Å². The number of hydrogen-bond donors (Lipinski definition) is 1. The Morgan fingerprint density at radius 2 is 1.65 bits per heavy atom. The molecule has 4 heteroatoms. The average Bonchev–Trinajstić information content (AvgIpc) is 2.27. The van der Waals surface area contributed by atoms with Gasteiger partial charge < -0.3 is 14.6 Å². The molecule has 0 heterocycles. The van der Waals surface area contributed by atoms with Crippen molar-refractivity contribution in [1.29, 1.82) is 0 Å². The fraction of sp³-hybridized carbons (Fsp3) is 0.923. The average molecular weight is 246 g/mol. The third kappa shape index (κ3) is 11.5. The number of ether oxygens (including phenoxy) is 2. The molecule has 102 valence electrons. The van der Waals surface area contributed by atoms with E-state index in [0.29, 0.717) is 13.0 Å². The summed E-state index contributed by atoms with van der Waals surface area (Å²) in [5.41, 5.74) is 0. The molecule has 1 N–H and O–H groups in total. The SMILES string of the molecule is CCCCCCCCCC(OCC)OC(=O)O. The lowest BCUT2D eigenvalue weighted by molar-refractivity contribution is -0.117. The molecule has 0 aliphatic carbocycles. The van der Waals surface area contributed by atoms with Crippen LogP contribution in [-0.2, 0) is 9.47 Å². The molecule has 17 heavy (non-hydrogen) atoms. The van der Waals surface area contributed by atoms with Crippen LogP contribution in [0, 0.1) is 0 Å². The van der Waals surface area contributed by atoms with Gasteiger partial charge in [0.25, 0.3) is 0 Å². The van der Waals surface area contributed by atoms with Gasteiger partial charge in [0.05, 0.1) is 0 Å². The first-order valence-electron chi connectivity index (χ1n) is 6.71. The van der Waals surface area contributed by atoms with Crippen molar-refractivity contribution >= 4 is 6.16 Å². The van der Waals surface area contributed by atoms with Crippen LogP contribution in [0.25, 0.3) is 0 Å². The van der Waals surface area contributed by atoms with Crippen LogP contribution < -0.4 is 0 Å². The molecule has 0 saturated carbocycles. The van der Waals surface area contributed by atoms with Gasteiger partial charge in [-0.05, 0) is 13.3 Å². The predicted octanol–water partition coefficient (Wildman–Crippen LogP) is 4.18. The summed E-state index contributed by atoms with van der Waals surface area (Å²) in [6, 6.07) is 0. The first kappa shape index (κ1) is 16.2. The molecular formula is C13H26O4. The van der Waals surface area contributed by atoms with Gasteiger partial charge in [-0.25, -0.2) is 4.79 Å². The van der Waals surface area contributed by atoms with Crippen LogP contribution >= 0.6 is 0 Å². The molecule has 0 spiro atoms. The van der Waals surface area contributed by atoms with Crippen molar-refractivity contribution in [2.24, 2.45) is 0 Å². The lowest BCUT2D eigenvalue weighted by atomic mass is 10.1. The summed E-state index contributed by atoms with van der Waals surface area (Å²) in [7, 11) is 0. The summed E-state index contributed by atoms with van der Waals surface area (Å²) in [4.78, 5) is 10.4. The minimum Gasteiger partial charge on any atom is -0.450 e. The number of hydrogen-bond acceptors (Lipinski definition) is 3. The molecule has 0 aromatic carbocycles. The van der Waals surface area contributed by atoms with E-state index in [0.717, 1.165) is 12.8 Å². The van der Waals surface area contributed by atoms with E-state index < -0.39 is 12.4 Å². The molecule has 0 amide bonds. The molecule has 0 radical (unpaired) electrons. The normalized spacial score (nSPS) is 12.4. The Morgan fingerprint density at radius 3 is 2.18 bits per heavy atom.